The Morgan fingerprint density at radius 3 is 2.10 bits per heavy atom. The van der Waals surface area contributed by atoms with E-state index < -0.39 is 8.56 Å². The summed E-state index contributed by atoms with van der Waals surface area (Å²) in [6.45, 7) is 11.0. The molecule has 0 aromatic heterocycles. The largest absolute Gasteiger partial charge is 0.395 e. The van der Waals surface area contributed by atoms with Gasteiger partial charge >= 0.3 is 8.56 Å². The van der Waals surface area contributed by atoms with Gasteiger partial charge in [0.2, 0.25) is 0 Å². The summed E-state index contributed by atoms with van der Waals surface area (Å²) in [5.41, 5.74) is 0. The van der Waals surface area contributed by atoms with Gasteiger partial charge in [-0.25, -0.2) is 0 Å². The van der Waals surface area contributed by atoms with Crippen LogP contribution in [0.3, 0.4) is 0 Å². The van der Waals surface area contributed by atoms with Gasteiger partial charge in [-0.3, -0.25) is 0 Å². The molecule has 0 heterocycles. The van der Waals surface area contributed by atoms with Gasteiger partial charge in [0, 0.05) is 12.7 Å². The molecule has 2 nitrogen and oxygen atoms in total. The molecule has 0 saturated heterocycles. The van der Waals surface area contributed by atoms with Crippen molar-refractivity contribution in [3.8, 4) is 0 Å². The van der Waals surface area contributed by atoms with Gasteiger partial charge in [-0.05, 0) is 33.9 Å². The van der Waals surface area contributed by atoms with Gasteiger partial charge in [-0.15, -0.1) is 0 Å². The molecule has 0 unspecified atom stereocenters. The molecule has 0 N–H and O–H groups in total. The molecular weight excluding hydrogens is 144 g/mol. The van der Waals surface area contributed by atoms with Crippen molar-refractivity contribution in [1.29, 1.82) is 0 Å². The Labute approximate surface area is 64.8 Å². The van der Waals surface area contributed by atoms with E-state index in [1.165, 1.54) is 0 Å². The topological polar surface area (TPSA) is 18.5 Å². The molecule has 0 fully saturated rings. The van der Waals surface area contributed by atoms with Crippen LogP contribution in [0.15, 0.2) is 0 Å². The molecule has 0 rings (SSSR count). The molecule has 3 heteroatoms. The molecule has 0 atom stereocenters. The number of hydrogen-bond donors (Lipinski definition) is 0. The molecule has 0 aliphatic carbocycles. The van der Waals surface area contributed by atoms with Crippen molar-refractivity contribution in [3.63, 3.8) is 0 Å². The van der Waals surface area contributed by atoms with E-state index >= 15 is 0 Å². The fourth-order valence-corrected chi connectivity index (χ4v) is 2.85. The van der Waals surface area contributed by atoms with E-state index in [1.54, 1.807) is 0 Å². The van der Waals surface area contributed by atoms with Crippen molar-refractivity contribution in [2.45, 2.75) is 40.0 Å². The average Bonchev–Trinajstić information content (AvgIpc) is 1.59. The van der Waals surface area contributed by atoms with Crippen molar-refractivity contribution >= 4 is 8.56 Å². The molecule has 0 aromatic carbocycles. The Hall–Kier alpha value is 0.137. The summed E-state index contributed by atoms with van der Waals surface area (Å²) in [6, 6.07) is 0. The summed E-state index contributed by atoms with van der Waals surface area (Å²) in [5.74, 6) is 0. The van der Waals surface area contributed by atoms with Crippen LogP contribution < -0.4 is 0 Å². The second-order valence-electron chi connectivity index (χ2n) is 3.00. The Balaban J connectivity index is 3.63. The predicted octanol–water partition coefficient (Wildman–Crippen LogP) is 2.15. The third-order valence-corrected chi connectivity index (χ3v) is 3.03. The first-order valence-electron chi connectivity index (χ1n) is 3.79. The van der Waals surface area contributed by atoms with Crippen LogP contribution in [0.5, 0.6) is 0 Å². The van der Waals surface area contributed by atoms with Crippen LogP contribution in [0.2, 0.25) is 13.1 Å². The Morgan fingerprint density at radius 1 is 1.30 bits per heavy atom. The van der Waals surface area contributed by atoms with Gasteiger partial charge in [-0.2, -0.15) is 0 Å². The highest BCUT2D eigenvalue weighted by Crippen LogP contribution is 2.08. The van der Waals surface area contributed by atoms with E-state index in [9.17, 15) is 0 Å². The lowest BCUT2D eigenvalue weighted by molar-refractivity contribution is 0.147. The highest BCUT2D eigenvalue weighted by Gasteiger charge is 2.24. The Morgan fingerprint density at radius 2 is 1.80 bits per heavy atom. The van der Waals surface area contributed by atoms with Crippen molar-refractivity contribution in [3.05, 3.63) is 0 Å². The van der Waals surface area contributed by atoms with Crippen LogP contribution in [-0.4, -0.2) is 21.3 Å². The quantitative estimate of drug-likeness (QED) is 0.590. The fourth-order valence-electron chi connectivity index (χ4n) is 0.949. The zero-order valence-corrected chi connectivity index (χ0v) is 8.60. The minimum Gasteiger partial charge on any atom is -0.395 e. The molecule has 0 spiro atoms. The molecule has 0 aromatic rings. The van der Waals surface area contributed by atoms with Crippen LogP contribution in [-0.2, 0) is 8.85 Å². The van der Waals surface area contributed by atoms with E-state index in [0.717, 1.165) is 6.61 Å². The first-order chi connectivity index (χ1) is 4.48. The monoisotopic (exact) mass is 162 g/mol. The van der Waals surface area contributed by atoms with E-state index in [1.807, 2.05) is 20.8 Å². The van der Waals surface area contributed by atoms with Gasteiger partial charge < -0.3 is 8.85 Å². The van der Waals surface area contributed by atoms with Crippen LogP contribution >= 0.6 is 0 Å². The molecule has 0 aliphatic rings. The number of hydrogen-bond acceptors (Lipinski definition) is 2. The molecule has 0 amide bonds. The summed E-state index contributed by atoms with van der Waals surface area (Å²) in [5, 5.41) is 0. The van der Waals surface area contributed by atoms with E-state index in [-0.39, 0.29) is 6.10 Å². The maximum atomic E-state index is 5.59. The maximum absolute atomic E-state index is 5.59. The van der Waals surface area contributed by atoms with Crippen molar-refractivity contribution in [2.75, 3.05) is 6.61 Å². The van der Waals surface area contributed by atoms with Gasteiger partial charge in [-0.1, -0.05) is 0 Å². The molecule has 0 saturated carbocycles. The zero-order valence-electron chi connectivity index (χ0n) is 7.60. The lowest BCUT2D eigenvalue weighted by Crippen LogP contribution is -2.37. The van der Waals surface area contributed by atoms with Crippen LogP contribution in [0.25, 0.3) is 0 Å². The molecular formula is C7H18O2Si. The molecule has 62 valence electrons. The average molecular weight is 162 g/mol. The Bertz CT molecular complexity index is 91.6. The third-order valence-electron chi connectivity index (χ3n) is 1.01. The van der Waals surface area contributed by atoms with E-state index in [4.69, 9.17) is 8.85 Å². The first-order valence-corrected chi connectivity index (χ1v) is 6.61. The van der Waals surface area contributed by atoms with Gasteiger partial charge in [0.1, 0.15) is 0 Å². The molecule has 0 bridgehead atoms. The van der Waals surface area contributed by atoms with E-state index in [2.05, 4.69) is 13.1 Å². The second-order valence-corrected chi connectivity index (χ2v) is 6.32. The minimum atomic E-state index is -1.77. The van der Waals surface area contributed by atoms with Gasteiger partial charge in [0.25, 0.3) is 0 Å². The minimum absolute atomic E-state index is 0.285. The summed E-state index contributed by atoms with van der Waals surface area (Å²) in [6.07, 6.45) is 0.285. The smallest absolute Gasteiger partial charge is 0.331 e. The predicted molar refractivity (Wildman–Crippen MR) is 45.3 cm³/mol. The van der Waals surface area contributed by atoms with Crippen LogP contribution in [0.4, 0.5) is 0 Å². The van der Waals surface area contributed by atoms with Crippen LogP contribution in [0.1, 0.15) is 20.8 Å². The SMILES string of the molecule is CCO[Si](C)(C)OC(C)C. The lowest BCUT2D eigenvalue weighted by Gasteiger charge is -2.24. The standard InChI is InChI=1S/C7H18O2Si/c1-6-8-10(4,5)9-7(2)3/h7H,6H2,1-5H3. The normalized spacial score (nSPS) is 12.6. The second kappa shape index (κ2) is 4.11. The molecule has 0 radical (unpaired) electrons. The van der Waals surface area contributed by atoms with Crippen molar-refractivity contribution < 1.29 is 8.85 Å². The summed E-state index contributed by atoms with van der Waals surface area (Å²) >= 11 is 0. The van der Waals surface area contributed by atoms with Crippen molar-refractivity contribution in [1.82, 2.24) is 0 Å². The zero-order chi connectivity index (χ0) is 8.20. The third kappa shape index (κ3) is 4.96. The fraction of sp³-hybridized carbons (Fsp3) is 1.00. The van der Waals surface area contributed by atoms with E-state index in [0.29, 0.717) is 0 Å². The lowest BCUT2D eigenvalue weighted by atomic mass is 10.5. The molecule has 10 heavy (non-hydrogen) atoms. The first kappa shape index (κ1) is 10.1. The molecule has 0 aliphatic heterocycles. The number of rotatable bonds is 4. The summed E-state index contributed by atoms with van der Waals surface area (Å²) < 4.78 is 11.1. The van der Waals surface area contributed by atoms with Crippen LogP contribution in [0, 0.1) is 0 Å². The highest BCUT2D eigenvalue weighted by atomic mass is 28.4. The summed E-state index contributed by atoms with van der Waals surface area (Å²) in [7, 11) is -1.77. The van der Waals surface area contributed by atoms with Gasteiger partial charge in [0.05, 0.1) is 0 Å². The highest BCUT2D eigenvalue weighted by molar-refractivity contribution is 6.64. The Kier molecular flexibility index (Phi) is 4.16. The van der Waals surface area contributed by atoms with Gasteiger partial charge in [0.15, 0.2) is 0 Å². The van der Waals surface area contributed by atoms with Crippen molar-refractivity contribution in [2.24, 2.45) is 0 Å². The summed E-state index contributed by atoms with van der Waals surface area (Å²) in [4.78, 5) is 0. The maximum Gasteiger partial charge on any atom is 0.331 e.